The van der Waals surface area contributed by atoms with Crippen LogP contribution in [0.2, 0.25) is 0 Å². The monoisotopic (exact) mass is 540 g/mol. The van der Waals surface area contributed by atoms with Gasteiger partial charge in [0.05, 0.1) is 7.11 Å². The zero-order chi connectivity index (χ0) is 23.3. The van der Waals surface area contributed by atoms with E-state index in [0.717, 1.165) is 25.8 Å². The molecular weight excluding hydrogens is 518 g/mol. The number of nitrogens with zero attached hydrogens (tertiary/aromatic N) is 1. The lowest BCUT2D eigenvalue weighted by Gasteiger charge is -2.13. The van der Waals surface area contributed by atoms with Gasteiger partial charge in [0, 0.05) is 21.2 Å². The van der Waals surface area contributed by atoms with Crippen molar-refractivity contribution in [2.24, 2.45) is 0 Å². The molecule has 1 amide bonds. The third-order valence-corrected chi connectivity index (χ3v) is 5.95. The smallest absolute Gasteiger partial charge is 0.266 e. The number of aryl methyl sites for hydroxylation is 2. The zero-order valence-corrected chi connectivity index (χ0v) is 20.2. The Morgan fingerprint density at radius 2 is 1.97 bits per heavy atom. The number of hydrogen-bond donors (Lipinski definition) is 1. The second-order valence-corrected chi connectivity index (χ2v) is 8.59. The van der Waals surface area contributed by atoms with E-state index in [2.05, 4.69) is 27.9 Å². The number of hydrogen-bond acceptors (Lipinski definition) is 3. The number of amides is 1. The highest BCUT2D eigenvalue weighted by atomic mass is 127. The standard InChI is InChI=1S/C26H22FIN2O2/c1-16-7-8-17(2)24(9-16)30-26(31)20(15-29)10-19-13-23(28)22(25(14-19)32-3)12-18-5-4-6-21(27)11-18/h4-11,13-14H,12H2,1-3H3,(H,30,31)/b20-10+. The fourth-order valence-corrected chi connectivity index (χ4v) is 4.11. The van der Waals surface area contributed by atoms with Gasteiger partial charge in [-0.25, -0.2) is 4.39 Å². The second-order valence-electron chi connectivity index (χ2n) is 7.43. The summed E-state index contributed by atoms with van der Waals surface area (Å²) in [6.45, 7) is 3.84. The number of carbonyl (C=O) groups is 1. The predicted molar refractivity (Wildman–Crippen MR) is 133 cm³/mol. The number of nitriles is 1. The summed E-state index contributed by atoms with van der Waals surface area (Å²) in [7, 11) is 1.56. The Kier molecular flexibility index (Phi) is 7.65. The molecule has 0 atom stereocenters. The first-order valence-electron chi connectivity index (χ1n) is 9.92. The van der Waals surface area contributed by atoms with Crippen LogP contribution >= 0.6 is 22.6 Å². The number of nitrogens with one attached hydrogen (secondary N) is 1. The first-order chi connectivity index (χ1) is 15.3. The van der Waals surface area contributed by atoms with Crippen LogP contribution in [0.25, 0.3) is 6.08 Å². The quantitative estimate of drug-likeness (QED) is 0.230. The maximum Gasteiger partial charge on any atom is 0.266 e. The van der Waals surface area contributed by atoms with Crippen LogP contribution in [0.3, 0.4) is 0 Å². The molecule has 3 aromatic rings. The minimum Gasteiger partial charge on any atom is -0.496 e. The molecule has 3 aromatic carbocycles. The van der Waals surface area contributed by atoms with Crippen molar-refractivity contribution in [3.8, 4) is 11.8 Å². The molecule has 6 heteroatoms. The van der Waals surface area contributed by atoms with Crippen molar-refractivity contribution in [1.29, 1.82) is 5.26 Å². The van der Waals surface area contributed by atoms with Crippen molar-refractivity contribution in [3.05, 3.63) is 97.4 Å². The van der Waals surface area contributed by atoms with Crippen LogP contribution in [0.5, 0.6) is 5.75 Å². The van der Waals surface area contributed by atoms with Gasteiger partial charge in [-0.3, -0.25) is 4.79 Å². The molecule has 0 saturated heterocycles. The van der Waals surface area contributed by atoms with Crippen LogP contribution in [0.1, 0.15) is 27.8 Å². The highest BCUT2D eigenvalue weighted by Gasteiger charge is 2.14. The summed E-state index contributed by atoms with van der Waals surface area (Å²) in [5, 5.41) is 12.4. The van der Waals surface area contributed by atoms with Gasteiger partial charge >= 0.3 is 0 Å². The average molecular weight is 540 g/mol. The molecule has 0 heterocycles. The lowest BCUT2D eigenvalue weighted by molar-refractivity contribution is -0.112. The third kappa shape index (κ3) is 5.74. The van der Waals surface area contributed by atoms with Gasteiger partial charge in [-0.1, -0.05) is 24.3 Å². The number of halogens is 2. The SMILES string of the molecule is COc1cc(/C=C(\C#N)C(=O)Nc2cc(C)ccc2C)cc(I)c1Cc1cccc(F)c1. The van der Waals surface area contributed by atoms with Gasteiger partial charge in [0.1, 0.15) is 23.2 Å². The number of carbonyl (C=O) groups excluding carboxylic acids is 1. The summed E-state index contributed by atoms with van der Waals surface area (Å²) < 4.78 is 20.0. The van der Waals surface area contributed by atoms with E-state index in [1.54, 1.807) is 19.2 Å². The Balaban J connectivity index is 1.90. The van der Waals surface area contributed by atoms with Gasteiger partial charge in [0.2, 0.25) is 0 Å². The second kappa shape index (κ2) is 10.4. The molecule has 0 spiro atoms. The van der Waals surface area contributed by atoms with Gasteiger partial charge in [-0.05, 0) is 95.1 Å². The number of anilines is 1. The summed E-state index contributed by atoms with van der Waals surface area (Å²) in [6.07, 6.45) is 2.04. The maximum atomic E-state index is 13.6. The minimum atomic E-state index is -0.473. The van der Waals surface area contributed by atoms with Crippen LogP contribution in [-0.4, -0.2) is 13.0 Å². The van der Waals surface area contributed by atoms with E-state index in [9.17, 15) is 14.4 Å². The number of ether oxygens (including phenoxy) is 1. The van der Waals surface area contributed by atoms with Gasteiger partial charge in [-0.15, -0.1) is 0 Å². The summed E-state index contributed by atoms with van der Waals surface area (Å²) in [5.74, 6) is -0.150. The largest absolute Gasteiger partial charge is 0.496 e. The van der Waals surface area contributed by atoms with Gasteiger partial charge < -0.3 is 10.1 Å². The third-order valence-electron chi connectivity index (χ3n) is 4.98. The fraction of sp³-hybridized carbons (Fsp3) is 0.154. The van der Waals surface area contributed by atoms with E-state index in [1.807, 2.05) is 50.2 Å². The molecule has 4 nitrogen and oxygen atoms in total. The highest BCUT2D eigenvalue weighted by molar-refractivity contribution is 14.1. The molecular formula is C26H22FIN2O2. The Hall–Kier alpha value is -3.18. The normalized spacial score (nSPS) is 11.1. The first-order valence-corrected chi connectivity index (χ1v) is 11.0. The Bertz CT molecular complexity index is 1250. The van der Waals surface area contributed by atoms with Crippen molar-refractivity contribution in [2.45, 2.75) is 20.3 Å². The molecule has 0 aliphatic heterocycles. The summed E-state index contributed by atoms with van der Waals surface area (Å²) in [6, 6.07) is 17.8. The summed E-state index contributed by atoms with van der Waals surface area (Å²) >= 11 is 2.19. The molecule has 0 saturated carbocycles. The van der Waals surface area contributed by atoms with Crippen LogP contribution in [-0.2, 0) is 11.2 Å². The van der Waals surface area contributed by atoms with Crippen molar-refractivity contribution < 1.29 is 13.9 Å². The molecule has 0 fully saturated rings. The van der Waals surface area contributed by atoms with Crippen molar-refractivity contribution in [2.75, 3.05) is 12.4 Å². The van der Waals surface area contributed by atoms with Crippen LogP contribution in [0, 0.1) is 34.6 Å². The lowest BCUT2D eigenvalue weighted by atomic mass is 10.0. The van der Waals surface area contributed by atoms with E-state index < -0.39 is 5.91 Å². The minimum absolute atomic E-state index is 0.0124. The Labute approximate surface area is 200 Å². The lowest BCUT2D eigenvalue weighted by Crippen LogP contribution is -2.14. The molecule has 0 radical (unpaired) electrons. The summed E-state index contributed by atoms with van der Waals surface area (Å²) in [5.41, 5.74) is 5.00. The molecule has 32 heavy (non-hydrogen) atoms. The molecule has 0 unspecified atom stereocenters. The maximum absolute atomic E-state index is 13.6. The van der Waals surface area contributed by atoms with Crippen LogP contribution in [0.15, 0.2) is 60.2 Å². The van der Waals surface area contributed by atoms with E-state index in [0.29, 0.717) is 23.4 Å². The number of benzene rings is 3. The van der Waals surface area contributed by atoms with Gasteiger partial charge in [0.15, 0.2) is 0 Å². The van der Waals surface area contributed by atoms with Crippen molar-refractivity contribution >= 4 is 40.3 Å². The molecule has 0 bridgehead atoms. The number of methoxy groups -OCH3 is 1. The first kappa shape index (κ1) is 23.5. The van der Waals surface area contributed by atoms with Crippen molar-refractivity contribution in [3.63, 3.8) is 0 Å². The van der Waals surface area contributed by atoms with Gasteiger partial charge in [-0.2, -0.15) is 5.26 Å². The van der Waals surface area contributed by atoms with E-state index in [4.69, 9.17) is 4.74 Å². The zero-order valence-electron chi connectivity index (χ0n) is 18.0. The molecule has 162 valence electrons. The molecule has 1 N–H and O–H groups in total. The number of rotatable bonds is 6. The van der Waals surface area contributed by atoms with E-state index in [-0.39, 0.29) is 11.4 Å². The predicted octanol–water partition coefficient (Wildman–Crippen LogP) is 6.19. The molecule has 0 aliphatic rings. The Morgan fingerprint density at radius 3 is 2.66 bits per heavy atom. The van der Waals surface area contributed by atoms with Crippen LogP contribution in [0.4, 0.5) is 10.1 Å². The van der Waals surface area contributed by atoms with Crippen molar-refractivity contribution in [1.82, 2.24) is 0 Å². The van der Waals surface area contributed by atoms with Crippen LogP contribution < -0.4 is 10.1 Å². The average Bonchev–Trinajstić information content (AvgIpc) is 2.76. The molecule has 3 rings (SSSR count). The Morgan fingerprint density at radius 1 is 1.19 bits per heavy atom. The molecule has 0 aromatic heterocycles. The van der Waals surface area contributed by atoms with E-state index >= 15 is 0 Å². The topological polar surface area (TPSA) is 62.1 Å². The fourth-order valence-electron chi connectivity index (χ4n) is 3.29. The molecule has 0 aliphatic carbocycles. The van der Waals surface area contributed by atoms with Gasteiger partial charge in [0.25, 0.3) is 5.91 Å². The summed E-state index contributed by atoms with van der Waals surface area (Å²) in [4.78, 5) is 12.7. The van der Waals surface area contributed by atoms with E-state index in [1.165, 1.54) is 18.2 Å². The highest BCUT2D eigenvalue weighted by Crippen LogP contribution is 2.30.